The molecule has 0 radical (unpaired) electrons. The van der Waals surface area contributed by atoms with Crippen LogP contribution in [0.5, 0.6) is 0 Å². The zero-order valence-corrected chi connectivity index (χ0v) is 21.4. The van der Waals surface area contributed by atoms with Gasteiger partial charge in [0.05, 0.1) is 23.1 Å². The minimum absolute atomic E-state index is 0.0568. The highest BCUT2D eigenvalue weighted by Crippen LogP contribution is 2.61. The fourth-order valence-corrected chi connectivity index (χ4v) is 7.81. The highest BCUT2D eigenvalue weighted by molar-refractivity contribution is 8.28. The van der Waals surface area contributed by atoms with Crippen LogP contribution in [-0.2, 0) is 9.53 Å². The summed E-state index contributed by atoms with van der Waals surface area (Å²) in [6.07, 6.45) is 4.04. The lowest BCUT2D eigenvalue weighted by atomic mass is 9.95. The number of esters is 1. The van der Waals surface area contributed by atoms with Gasteiger partial charge in [0.1, 0.15) is 18.0 Å². The van der Waals surface area contributed by atoms with E-state index >= 15 is 0 Å². The lowest BCUT2D eigenvalue weighted by molar-refractivity contribution is -0.152. The largest absolute Gasteiger partial charge is 0.478 e. The summed E-state index contributed by atoms with van der Waals surface area (Å²) in [5, 5.41) is 28.8. The molecule has 2 atom stereocenters. The number of aromatic carboxylic acids is 1. The Hall–Kier alpha value is -3.24. The maximum absolute atomic E-state index is 12.8. The number of hydrogen-bond acceptors (Lipinski definition) is 7. The van der Waals surface area contributed by atoms with Gasteiger partial charge in [0, 0.05) is 11.8 Å². The molecule has 2 aliphatic heterocycles. The number of hydrogen-bond donors (Lipinski definition) is 3. The first-order valence-corrected chi connectivity index (χ1v) is 13.5. The van der Waals surface area contributed by atoms with Gasteiger partial charge in [0.15, 0.2) is 5.82 Å². The van der Waals surface area contributed by atoms with Crippen molar-refractivity contribution in [1.29, 1.82) is 0 Å². The van der Waals surface area contributed by atoms with Crippen molar-refractivity contribution < 1.29 is 24.5 Å². The molecule has 1 aromatic heterocycles. The Bertz CT molecular complexity index is 1300. The van der Waals surface area contributed by atoms with E-state index < -0.39 is 22.9 Å². The van der Waals surface area contributed by atoms with Gasteiger partial charge >= 0.3 is 11.9 Å². The van der Waals surface area contributed by atoms with Gasteiger partial charge in [-0.2, -0.15) is 10.9 Å². The van der Waals surface area contributed by atoms with Gasteiger partial charge in [-0.25, -0.2) is 4.79 Å². The predicted molar refractivity (Wildman–Crippen MR) is 137 cm³/mol. The number of ether oxygens (including phenoxy) is 1. The number of thiol groups is 1. The van der Waals surface area contributed by atoms with Gasteiger partial charge < -0.3 is 14.9 Å². The molecule has 190 valence electrons. The summed E-state index contributed by atoms with van der Waals surface area (Å²) in [4.78, 5) is 31.2. The quantitative estimate of drug-likeness (QED) is 0.407. The van der Waals surface area contributed by atoms with Crippen LogP contribution in [0.2, 0.25) is 0 Å². The summed E-state index contributed by atoms with van der Waals surface area (Å²) in [6, 6.07) is 6.49. The molecule has 0 bridgehead atoms. The number of aromatic nitrogens is 3. The second-order valence-corrected chi connectivity index (χ2v) is 11.8. The standard InChI is InChI=1S/C26H30N4O5S/c1-14-15(2)36(20-10-4-17(5-11-20)26(33)34)25-21(14)13-27-22(24-29-28-16(3)30(24)25)12-23(32)35-19-8-6-18(31)7-9-19/h4-5,10-11,13,18-19,22,31,36H,6-9,12H2,1-3H3,(H,33,34)/t18?,19?,22-/m0/s1. The average Bonchev–Trinajstić information content (AvgIpc) is 3.29. The monoisotopic (exact) mass is 510 g/mol. The number of carboxylic acid groups (broad SMARTS) is 1. The van der Waals surface area contributed by atoms with Crippen LogP contribution in [0.3, 0.4) is 0 Å². The Morgan fingerprint density at radius 3 is 2.44 bits per heavy atom. The molecule has 1 aliphatic carbocycles. The van der Waals surface area contributed by atoms with E-state index in [0.717, 1.165) is 21.1 Å². The zero-order valence-electron chi connectivity index (χ0n) is 20.5. The molecular formula is C26H30N4O5S. The molecule has 5 rings (SSSR count). The summed E-state index contributed by atoms with van der Waals surface area (Å²) in [5.41, 5.74) is 2.35. The first-order chi connectivity index (χ1) is 17.2. The summed E-state index contributed by atoms with van der Waals surface area (Å²) in [6.45, 7) is 6.05. The Morgan fingerprint density at radius 1 is 1.08 bits per heavy atom. The van der Waals surface area contributed by atoms with Gasteiger partial charge in [0.25, 0.3) is 0 Å². The average molecular weight is 511 g/mol. The number of benzene rings is 1. The van der Waals surface area contributed by atoms with Crippen molar-refractivity contribution in [3.05, 3.63) is 57.5 Å². The molecule has 2 aromatic rings. The van der Waals surface area contributed by atoms with Gasteiger partial charge in [-0.3, -0.25) is 14.4 Å². The summed E-state index contributed by atoms with van der Waals surface area (Å²) < 4.78 is 7.73. The Kier molecular flexibility index (Phi) is 6.57. The van der Waals surface area contributed by atoms with Crippen molar-refractivity contribution in [1.82, 2.24) is 14.8 Å². The summed E-state index contributed by atoms with van der Waals surface area (Å²) in [7, 11) is -0.963. The van der Waals surface area contributed by atoms with Crippen LogP contribution in [0.1, 0.15) is 74.0 Å². The molecular weight excluding hydrogens is 480 g/mol. The van der Waals surface area contributed by atoms with Crippen molar-refractivity contribution in [2.75, 3.05) is 0 Å². The maximum atomic E-state index is 12.8. The van der Waals surface area contributed by atoms with E-state index in [1.165, 1.54) is 4.91 Å². The third-order valence-corrected chi connectivity index (χ3v) is 9.84. The minimum Gasteiger partial charge on any atom is -0.478 e. The van der Waals surface area contributed by atoms with Gasteiger partial charge in [-0.15, -0.1) is 10.2 Å². The number of aliphatic imine (C=N–C) groups is 1. The fourth-order valence-electron chi connectivity index (χ4n) is 5.04. The molecule has 1 fully saturated rings. The summed E-state index contributed by atoms with van der Waals surface area (Å²) >= 11 is 0. The Balaban J connectivity index is 1.46. The molecule has 1 saturated carbocycles. The Morgan fingerprint density at radius 2 is 1.78 bits per heavy atom. The van der Waals surface area contributed by atoms with Crippen LogP contribution >= 0.6 is 10.9 Å². The van der Waals surface area contributed by atoms with Crippen LogP contribution in [0.15, 0.2) is 50.2 Å². The molecule has 36 heavy (non-hydrogen) atoms. The minimum atomic E-state index is -0.963. The van der Waals surface area contributed by atoms with E-state index in [9.17, 15) is 19.8 Å². The predicted octanol–water partition coefficient (Wildman–Crippen LogP) is 4.18. The number of nitrogens with zero attached hydrogens (tertiary/aromatic N) is 4. The van der Waals surface area contributed by atoms with E-state index in [4.69, 9.17) is 9.73 Å². The van der Waals surface area contributed by atoms with E-state index in [-0.39, 0.29) is 30.2 Å². The number of rotatable bonds is 5. The fraction of sp³-hybridized carbons (Fsp3) is 0.423. The second kappa shape index (κ2) is 9.67. The molecule has 3 heterocycles. The number of allylic oxidation sites excluding steroid dienone is 3. The topological polar surface area (TPSA) is 127 Å². The highest BCUT2D eigenvalue weighted by atomic mass is 32.2. The van der Waals surface area contributed by atoms with Gasteiger partial charge in [-0.05, 0) is 86.1 Å². The van der Waals surface area contributed by atoms with Crippen molar-refractivity contribution >= 4 is 34.1 Å². The first-order valence-electron chi connectivity index (χ1n) is 12.1. The number of aliphatic hydroxyl groups excluding tert-OH is 1. The smallest absolute Gasteiger partial charge is 0.335 e. The van der Waals surface area contributed by atoms with Gasteiger partial charge in [-0.1, -0.05) is 0 Å². The van der Waals surface area contributed by atoms with E-state index in [0.29, 0.717) is 37.3 Å². The van der Waals surface area contributed by atoms with Crippen LogP contribution in [0, 0.1) is 6.92 Å². The van der Waals surface area contributed by atoms with E-state index in [2.05, 4.69) is 24.0 Å². The molecule has 9 nitrogen and oxygen atoms in total. The number of fused-ring (bicyclic) bond motifs is 2. The Labute approximate surface area is 211 Å². The molecule has 10 heteroatoms. The van der Waals surface area contributed by atoms with Crippen LogP contribution in [0.4, 0.5) is 0 Å². The third kappa shape index (κ3) is 4.39. The number of aryl methyl sites for hydroxylation is 1. The van der Waals surface area contributed by atoms with Crippen molar-refractivity contribution in [3.63, 3.8) is 0 Å². The van der Waals surface area contributed by atoms with E-state index in [1.807, 2.05) is 29.8 Å². The van der Waals surface area contributed by atoms with Crippen molar-refractivity contribution in [3.8, 4) is 0 Å². The maximum Gasteiger partial charge on any atom is 0.335 e. The van der Waals surface area contributed by atoms with Crippen molar-refractivity contribution in [2.24, 2.45) is 4.99 Å². The van der Waals surface area contributed by atoms with Gasteiger partial charge in [0.2, 0.25) is 0 Å². The molecule has 3 aliphatic rings. The SMILES string of the molecule is CC1=C(C)[SH](c2ccc(C(=O)O)cc2)C2=C1C=N[C@@H](CC(=O)OC1CCC(O)CC1)c1nnc(C)n12. The lowest BCUT2D eigenvalue weighted by Crippen LogP contribution is -2.27. The lowest BCUT2D eigenvalue weighted by Gasteiger charge is -2.26. The first kappa shape index (κ1) is 24.5. The van der Waals surface area contributed by atoms with Crippen molar-refractivity contribution in [2.45, 2.75) is 76.0 Å². The van der Waals surface area contributed by atoms with Crippen LogP contribution in [-0.4, -0.2) is 55.3 Å². The number of carbonyl (C=O) groups is 2. The zero-order chi connectivity index (χ0) is 25.6. The number of carbonyl (C=O) groups excluding carboxylic acids is 1. The molecule has 0 spiro atoms. The third-order valence-electron chi connectivity index (χ3n) is 7.15. The normalized spacial score (nSPS) is 26.4. The molecule has 1 aromatic carbocycles. The molecule has 0 saturated heterocycles. The summed E-state index contributed by atoms with van der Waals surface area (Å²) in [5.74, 6) is 0.0197. The molecule has 1 unspecified atom stereocenters. The van der Waals surface area contributed by atoms with Crippen LogP contribution in [0.25, 0.3) is 5.03 Å². The highest BCUT2D eigenvalue weighted by Gasteiger charge is 2.36. The second-order valence-electron chi connectivity index (χ2n) is 9.49. The molecule has 0 amide bonds. The molecule has 2 N–H and O–H groups in total. The number of carboxylic acids is 1. The van der Waals surface area contributed by atoms with Crippen LogP contribution < -0.4 is 0 Å². The number of aliphatic hydroxyl groups is 1. The van der Waals surface area contributed by atoms with E-state index in [1.54, 1.807) is 12.1 Å².